The normalized spacial score (nSPS) is 10.9. The number of hydrogen-bond donors (Lipinski definition) is 1. The molecule has 1 N–H and O–H groups in total. The van der Waals surface area contributed by atoms with Gasteiger partial charge in [-0.3, -0.25) is 4.98 Å². The number of halogens is 1. The van der Waals surface area contributed by atoms with Crippen LogP contribution in [0.5, 0.6) is 5.75 Å². The van der Waals surface area contributed by atoms with Gasteiger partial charge >= 0.3 is 0 Å². The van der Waals surface area contributed by atoms with E-state index in [-0.39, 0.29) is 0 Å². The lowest BCUT2D eigenvalue weighted by atomic mass is 10.1. The summed E-state index contributed by atoms with van der Waals surface area (Å²) in [4.78, 5) is 4.07. The first-order valence-corrected chi connectivity index (χ1v) is 10.2. The van der Waals surface area contributed by atoms with Crippen LogP contribution < -0.4 is 10.1 Å². The number of hydrogen-bond acceptors (Lipinski definition) is 4. The van der Waals surface area contributed by atoms with Gasteiger partial charge in [0.25, 0.3) is 0 Å². The summed E-state index contributed by atoms with van der Waals surface area (Å²) in [6.45, 7) is 1.56. The van der Waals surface area contributed by atoms with Crippen LogP contribution in [0.3, 0.4) is 0 Å². The molecule has 0 saturated heterocycles. The summed E-state index contributed by atoms with van der Waals surface area (Å²) in [6, 6.07) is 19.7. The fraction of sp³-hybridized carbons (Fsp3) is 0.167. The highest BCUT2D eigenvalue weighted by Gasteiger charge is 2.14. The number of benzene rings is 2. The molecule has 0 fully saturated rings. The summed E-state index contributed by atoms with van der Waals surface area (Å²) in [5.74, 6) is 0.815. The number of nitrogens with one attached hydrogen (secondary N) is 1. The van der Waals surface area contributed by atoms with Crippen LogP contribution in [0.4, 0.5) is 0 Å². The molecule has 0 radical (unpaired) electrons. The van der Waals surface area contributed by atoms with Crippen LogP contribution >= 0.6 is 11.6 Å². The molecule has 4 rings (SSSR count). The molecule has 2 heterocycles. The zero-order valence-corrected chi connectivity index (χ0v) is 17.5. The van der Waals surface area contributed by atoms with E-state index in [4.69, 9.17) is 21.4 Å². The fourth-order valence-corrected chi connectivity index (χ4v) is 3.52. The number of methoxy groups -OCH3 is 1. The maximum absolute atomic E-state index is 6.47. The number of ether oxygens (including phenoxy) is 1. The Morgan fingerprint density at radius 2 is 1.77 bits per heavy atom. The van der Waals surface area contributed by atoms with E-state index in [1.54, 1.807) is 7.11 Å². The molecule has 30 heavy (non-hydrogen) atoms. The molecular formula is C24H23ClN4O. The van der Waals surface area contributed by atoms with E-state index >= 15 is 0 Å². The Balaban J connectivity index is 1.57. The highest BCUT2D eigenvalue weighted by Crippen LogP contribution is 2.30. The van der Waals surface area contributed by atoms with Crippen molar-refractivity contribution in [1.29, 1.82) is 0 Å². The molecule has 0 aliphatic rings. The van der Waals surface area contributed by atoms with Crippen LogP contribution in [0, 0.1) is 0 Å². The summed E-state index contributed by atoms with van der Waals surface area (Å²) in [6.07, 6.45) is 6.64. The van der Waals surface area contributed by atoms with E-state index < -0.39 is 0 Å². The van der Waals surface area contributed by atoms with Crippen molar-refractivity contribution in [3.63, 3.8) is 0 Å². The predicted octanol–water partition coefficient (Wildman–Crippen LogP) is 4.93. The first kappa shape index (κ1) is 20.1. The molecule has 0 amide bonds. The van der Waals surface area contributed by atoms with E-state index in [9.17, 15) is 0 Å². The molecule has 0 aliphatic heterocycles. The van der Waals surface area contributed by atoms with Crippen LogP contribution in [0.15, 0.2) is 79.3 Å². The molecule has 0 unspecified atom stereocenters. The van der Waals surface area contributed by atoms with E-state index in [1.165, 1.54) is 5.56 Å². The highest BCUT2D eigenvalue weighted by molar-refractivity contribution is 6.33. The second kappa shape index (κ2) is 9.57. The van der Waals surface area contributed by atoms with Crippen LogP contribution in [0.2, 0.25) is 5.02 Å². The van der Waals surface area contributed by atoms with Crippen molar-refractivity contribution < 1.29 is 4.74 Å². The van der Waals surface area contributed by atoms with Gasteiger partial charge in [0.05, 0.1) is 23.5 Å². The lowest BCUT2D eigenvalue weighted by Crippen LogP contribution is -2.16. The standard InChI is InChI=1S/C24H23ClN4O/c1-30-21-8-6-20(7-9-21)29-17-19(16-27-15-12-18-10-13-26-14-11-18)24(28-29)22-4-2-3-5-23(22)25/h2-11,13-14,17,27H,12,15-16H2,1H3. The van der Waals surface area contributed by atoms with Crippen LogP contribution in [-0.4, -0.2) is 28.4 Å². The van der Waals surface area contributed by atoms with Gasteiger partial charge in [-0.2, -0.15) is 5.10 Å². The zero-order valence-electron chi connectivity index (χ0n) is 16.8. The molecule has 5 nitrogen and oxygen atoms in total. The van der Waals surface area contributed by atoms with Crippen molar-refractivity contribution >= 4 is 11.6 Å². The van der Waals surface area contributed by atoms with E-state index in [0.29, 0.717) is 11.6 Å². The number of aromatic nitrogens is 3. The Labute approximate surface area is 181 Å². The molecule has 152 valence electrons. The fourth-order valence-electron chi connectivity index (χ4n) is 3.29. The smallest absolute Gasteiger partial charge is 0.119 e. The van der Waals surface area contributed by atoms with Crippen molar-refractivity contribution in [3.8, 4) is 22.7 Å². The van der Waals surface area contributed by atoms with Gasteiger partial charge in [0.1, 0.15) is 5.75 Å². The number of rotatable bonds is 8. The summed E-state index contributed by atoms with van der Waals surface area (Å²) in [5.41, 5.74) is 5.13. The first-order chi connectivity index (χ1) is 14.7. The maximum atomic E-state index is 6.47. The van der Waals surface area contributed by atoms with Gasteiger partial charge in [0.2, 0.25) is 0 Å². The van der Waals surface area contributed by atoms with Crippen molar-refractivity contribution in [2.75, 3.05) is 13.7 Å². The highest BCUT2D eigenvalue weighted by atomic mass is 35.5. The molecule has 2 aromatic carbocycles. The van der Waals surface area contributed by atoms with E-state index in [2.05, 4.69) is 16.5 Å². The summed E-state index contributed by atoms with van der Waals surface area (Å²) in [7, 11) is 1.66. The summed E-state index contributed by atoms with van der Waals surface area (Å²) >= 11 is 6.47. The Kier molecular flexibility index (Phi) is 6.42. The van der Waals surface area contributed by atoms with Crippen molar-refractivity contribution in [3.05, 3.63) is 95.4 Å². The van der Waals surface area contributed by atoms with Gasteiger partial charge in [0, 0.05) is 36.3 Å². The van der Waals surface area contributed by atoms with Gasteiger partial charge in [0.15, 0.2) is 0 Å². The lowest BCUT2D eigenvalue weighted by molar-refractivity contribution is 0.414. The number of nitrogens with zero attached hydrogens (tertiary/aromatic N) is 3. The Morgan fingerprint density at radius 3 is 2.50 bits per heavy atom. The molecule has 0 atom stereocenters. The third kappa shape index (κ3) is 4.70. The Morgan fingerprint density at radius 1 is 1.00 bits per heavy atom. The van der Waals surface area contributed by atoms with E-state index in [0.717, 1.165) is 41.2 Å². The second-order valence-corrected chi connectivity index (χ2v) is 7.31. The largest absolute Gasteiger partial charge is 0.497 e. The molecular weight excluding hydrogens is 396 g/mol. The molecule has 0 aliphatic carbocycles. The quantitative estimate of drug-likeness (QED) is 0.412. The minimum absolute atomic E-state index is 0.690. The SMILES string of the molecule is COc1ccc(-n2cc(CNCCc3ccncc3)c(-c3ccccc3Cl)n2)cc1. The second-order valence-electron chi connectivity index (χ2n) is 6.91. The van der Waals surface area contributed by atoms with Crippen molar-refractivity contribution in [2.24, 2.45) is 0 Å². The van der Waals surface area contributed by atoms with Crippen molar-refractivity contribution in [1.82, 2.24) is 20.1 Å². The molecule has 6 heteroatoms. The molecule has 4 aromatic rings. The Bertz CT molecular complexity index is 1090. The number of pyridine rings is 1. The molecule has 0 saturated carbocycles. The maximum Gasteiger partial charge on any atom is 0.119 e. The molecule has 2 aromatic heterocycles. The van der Waals surface area contributed by atoms with Gasteiger partial charge in [-0.15, -0.1) is 0 Å². The first-order valence-electron chi connectivity index (χ1n) is 9.82. The van der Waals surface area contributed by atoms with Gasteiger partial charge < -0.3 is 10.1 Å². The third-order valence-corrected chi connectivity index (χ3v) is 5.24. The van der Waals surface area contributed by atoms with Gasteiger partial charge in [-0.05, 0) is 61.0 Å². The van der Waals surface area contributed by atoms with Crippen LogP contribution in [-0.2, 0) is 13.0 Å². The zero-order chi connectivity index (χ0) is 20.8. The molecule has 0 spiro atoms. The summed E-state index contributed by atoms with van der Waals surface area (Å²) < 4.78 is 7.15. The monoisotopic (exact) mass is 418 g/mol. The van der Waals surface area contributed by atoms with Gasteiger partial charge in [-0.25, -0.2) is 4.68 Å². The average molecular weight is 419 g/mol. The van der Waals surface area contributed by atoms with Crippen molar-refractivity contribution in [2.45, 2.75) is 13.0 Å². The third-order valence-electron chi connectivity index (χ3n) is 4.91. The Hall–Kier alpha value is -3.15. The van der Waals surface area contributed by atoms with Crippen LogP contribution in [0.25, 0.3) is 16.9 Å². The van der Waals surface area contributed by atoms with E-state index in [1.807, 2.05) is 77.7 Å². The van der Waals surface area contributed by atoms with Crippen LogP contribution in [0.1, 0.15) is 11.1 Å². The predicted molar refractivity (Wildman–Crippen MR) is 120 cm³/mol. The molecule has 0 bridgehead atoms. The lowest BCUT2D eigenvalue weighted by Gasteiger charge is -2.06. The minimum Gasteiger partial charge on any atom is -0.497 e. The minimum atomic E-state index is 0.690. The topological polar surface area (TPSA) is 52.0 Å². The summed E-state index contributed by atoms with van der Waals surface area (Å²) in [5, 5.41) is 9.06. The average Bonchev–Trinajstić information content (AvgIpc) is 3.22. The van der Waals surface area contributed by atoms with Gasteiger partial charge in [-0.1, -0.05) is 29.8 Å².